The Hall–Kier alpha value is -3.66. The molecule has 172 valence electrons. The van der Waals surface area contributed by atoms with E-state index in [-0.39, 0.29) is 4.90 Å². The van der Waals surface area contributed by atoms with Gasteiger partial charge in [-0.25, -0.2) is 9.67 Å². The number of hydrogen-bond acceptors (Lipinski definition) is 6. The van der Waals surface area contributed by atoms with Crippen molar-refractivity contribution in [1.82, 2.24) is 24.7 Å². The van der Waals surface area contributed by atoms with Crippen LogP contribution in [0.3, 0.4) is 0 Å². The SMILES string of the molecule is CC.O=S(=O)(O)c1ccc(-n2nc(-c3ccc(Cl)cc3)nc2-c2ccc3nccnc3c2)cc1. The van der Waals surface area contributed by atoms with Crippen LogP contribution in [0.25, 0.3) is 39.5 Å². The highest BCUT2D eigenvalue weighted by atomic mass is 35.5. The van der Waals surface area contributed by atoms with Crippen molar-refractivity contribution in [2.24, 2.45) is 0 Å². The molecular weight excluding hydrogens is 474 g/mol. The smallest absolute Gasteiger partial charge is 0.282 e. The van der Waals surface area contributed by atoms with Gasteiger partial charge in [0.2, 0.25) is 0 Å². The average molecular weight is 494 g/mol. The van der Waals surface area contributed by atoms with Gasteiger partial charge in [-0.15, -0.1) is 5.10 Å². The molecule has 1 N–H and O–H groups in total. The Morgan fingerprint density at radius 3 is 2.09 bits per heavy atom. The third kappa shape index (κ3) is 4.81. The lowest BCUT2D eigenvalue weighted by atomic mass is 10.1. The van der Waals surface area contributed by atoms with E-state index in [1.165, 1.54) is 12.1 Å². The molecule has 0 spiro atoms. The van der Waals surface area contributed by atoms with Crippen molar-refractivity contribution < 1.29 is 13.0 Å². The van der Waals surface area contributed by atoms with Crippen LogP contribution < -0.4 is 0 Å². The number of hydrogen-bond donors (Lipinski definition) is 1. The summed E-state index contributed by atoms with van der Waals surface area (Å²) in [7, 11) is -4.30. The Morgan fingerprint density at radius 1 is 0.824 bits per heavy atom. The maximum Gasteiger partial charge on any atom is 0.294 e. The first-order valence-corrected chi connectivity index (χ1v) is 12.2. The van der Waals surface area contributed by atoms with Crippen LogP contribution in [-0.2, 0) is 10.1 Å². The van der Waals surface area contributed by atoms with Crippen LogP contribution >= 0.6 is 11.6 Å². The summed E-state index contributed by atoms with van der Waals surface area (Å²) < 4.78 is 33.7. The van der Waals surface area contributed by atoms with Crippen molar-refractivity contribution in [3.63, 3.8) is 0 Å². The second-order valence-electron chi connectivity index (χ2n) is 6.91. The minimum atomic E-state index is -4.30. The highest BCUT2D eigenvalue weighted by Gasteiger charge is 2.17. The fourth-order valence-corrected chi connectivity index (χ4v) is 3.87. The van der Waals surface area contributed by atoms with Crippen LogP contribution in [0.1, 0.15) is 13.8 Å². The highest BCUT2D eigenvalue weighted by molar-refractivity contribution is 7.85. The summed E-state index contributed by atoms with van der Waals surface area (Å²) in [6.07, 6.45) is 3.24. The van der Waals surface area contributed by atoms with Crippen LogP contribution in [0, 0.1) is 0 Å². The van der Waals surface area contributed by atoms with Crippen LogP contribution in [0.4, 0.5) is 0 Å². The van der Waals surface area contributed by atoms with Crippen molar-refractivity contribution in [2.45, 2.75) is 18.7 Å². The van der Waals surface area contributed by atoms with Crippen LogP contribution in [0.2, 0.25) is 5.02 Å². The lowest BCUT2D eigenvalue weighted by molar-refractivity contribution is 0.483. The molecule has 0 atom stereocenters. The van der Waals surface area contributed by atoms with E-state index in [9.17, 15) is 13.0 Å². The topological polar surface area (TPSA) is 111 Å². The summed E-state index contributed by atoms with van der Waals surface area (Å²) in [5.41, 5.74) is 3.54. The predicted molar refractivity (Wildman–Crippen MR) is 131 cm³/mol. The van der Waals surface area contributed by atoms with Gasteiger partial charge < -0.3 is 0 Å². The molecule has 2 aromatic heterocycles. The molecule has 3 aromatic carbocycles. The zero-order valence-corrected chi connectivity index (χ0v) is 19.9. The maximum absolute atomic E-state index is 11.4. The van der Waals surface area contributed by atoms with Gasteiger partial charge in [0.05, 0.1) is 21.6 Å². The van der Waals surface area contributed by atoms with Gasteiger partial charge in [0.25, 0.3) is 10.1 Å². The van der Waals surface area contributed by atoms with Gasteiger partial charge in [-0.3, -0.25) is 14.5 Å². The number of nitrogens with zero attached hydrogens (tertiary/aromatic N) is 5. The molecule has 34 heavy (non-hydrogen) atoms. The highest BCUT2D eigenvalue weighted by Crippen LogP contribution is 2.28. The first kappa shape index (κ1) is 23.5. The monoisotopic (exact) mass is 493 g/mol. The molecule has 0 aliphatic heterocycles. The minimum absolute atomic E-state index is 0.207. The Morgan fingerprint density at radius 2 is 1.44 bits per heavy atom. The first-order chi connectivity index (χ1) is 16.4. The molecule has 0 fully saturated rings. The van der Waals surface area contributed by atoms with Gasteiger partial charge in [-0.1, -0.05) is 25.4 Å². The zero-order valence-electron chi connectivity index (χ0n) is 18.3. The fraction of sp³-hybridized carbons (Fsp3) is 0.0833. The normalized spacial score (nSPS) is 11.2. The van der Waals surface area contributed by atoms with E-state index in [0.29, 0.717) is 27.9 Å². The third-order valence-corrected chi connectivity index (χ3v) is 5.94. The van der Waals surface area contributed by atoms with E-state index in [2.05, 4.69) is 15.1 Å². The number of rotatable bonds is 4. The van der Waals surface area contributed by atoms with E-state index in [4.69, 9.17) is 16.6 Å². The van der Waals surface area contributed by atoms with Gasteiger partial charge in [-0.05, 0) is 66.7 Å². The van der Waals surface area contributed by atoms with E-state index in [0.717, 1.165) is 16.6 Å². The van der Waals surface area contributed by atoms with Crippen LogP contribution in [-0.4, -0.2) is 37.7 Å². The standard InChI is InChI=1S/C22H14ClN5O3S.C2H6/c23-16-4-1-14(2-5-16)21-26-22(15-3-10-19-20(13-15)25-12-11-24-19)28(27-21)17-6-8-18(9-7-17)32(29,30)31;1-2/h1-13H,(H,29,30,31);1-2H3. The van der Waals surface area contributed by atoms with E-state index in [1.807, 2.05) is 44.2 Å². The molecule has 0 bridgehead atoms. The number of fused-ring (bicyclic) bond motifs is 1. The summed E-state index contributed by atoms with van der Waals surface area (Å²) in [4.78, 5) is 13.2. The Labute approximate surface area is 201 Å². The number of benzene rings is 3. The quantitative estimate of drug-likeness (QED) is 0.330. The summed E-state index contributed by atoms with van der Waals surface area (Å²) in [5, 5.41) is 5.24. The summed E-state index contributed by atoms with van der Waals surface area (Å²) in [5.74, 6) is 0.997. The minimum Gasteiger partial charge on any atom is -0.282 e. The summed E-state index contributed by atoms with van der Waals surface area (Å²) in [6.45, 7) is 4.00. The van der Waals surface area contributed by atoms with Gasteiger partial charge >= 0.3 is 0 Å². The molecular formula is C24H20ClN5O3S. The average Bonchev–Trinajstić information content (AvgIpc) is 3.30. The fourth-order valence-electron chi connectivity index (χ4n) is 3.26. The number of halogens is 1. The Kier molecular flexibility index (Phi) is 6.69. The summed E-state index contributed by atoms with van der Waals surface area (Å²) >= 11 is 6.01. The molecule has 2 heterocycles. The van der Waals surface area contributed by atoms with Gasteiger partial charge in [0.15, 0.2) is 11.6 Å². The third-order valence-electron chi connectivity index (χ3n) is 4.82. The van der Waals surface area contributed by atoms with Gasteiger partial charge in [-0.2, -0.15) is 8.42 Å². The Bertz CT molecular complexity index is 1550. The molecule has 0 aliphatic rings. The van der Waals surface area contributed by atoms with Crippen molar-refractivity contribution in [3.05, 3.63) is 84.1 Å². The summed E-state index contributed by atoms with van der Waals surface area (Å²) in [6, 6.07) is 18.4. The molecule has 8 nitrogen and oxygen atoms in total. The van der Waals surface area contributed by atoms with Crippen molar-refractivity contribution >= 4 is 32.8 Å². The van der Waals surface area contributed by atoms with Crippen molar-refractivity contribution in [2.75, 3.05) is 0 Å². The second kappa shape index (κ2) is 9.68. The van der Waals surface area contributed by atoms with E-state index < -0.39 is 10.1 Å². The largest absolute Gasteiger partial charge is 0.294 e. The second-order valence-corrected chi connectivity index (χ2v) is 8.76. The first-order valence-electron chi connectivity index (χ1n) is 10.4. The van der Waals surface area contributed by atoms with Gasteiger partial charge in [0, 0.05) is 28.5 Å². The lowest BCUT2D eigenvalue weighted by Crippen LogP contribution is -2.02. The molecule has 5 rings (SSSR count). The predicted octanol–water partition coefficient (Wildman–Crippen LogP) is 5.47. The lowest BCUT2D eigenvalue weighted by Gasteiger charge is -2.07. The molecule has 0 saturated heterocycles. The Balaban J connectivity index is 0.00000133. The maximum atomic E-state index is 11.4. The van der Waals surface area contributed by atoms with Gasteiger partial charge in [0.1, 0.15) is 0 Å². The molecule has 5 aromatic rings. The molecule has 0 aliphatic carbocycles. The van der Waals surface area contributed by atoms with Crippen LogP contribution in [0.15, 0.2) is 84.0 Å². The zero-order chi connectivity index (χ0) is 24.3. The molecule has 0 unspecified atom stereocenters. The molecule has 0 amide bonds. The molecule has 10 heteroatoms. The van der Waals surface area contributed by atoms with Crippen molar-refractivity contribution in [1.29, 1.82) is 0 Å². The number of aromatic nitrogens is 5. The van der Waals surface area contributed by atoms with E-state index >= 15 is 0 Å². The van der Waals surface area contributed by atoms with Crippen molar-refractivity contribution in [3.8, 4) is 28.5 Å². The van der Waals surface area contributed by atoms with E-state index in [1.54, 1.807) is 41.3 Å². The molecule has 0 radical (unpaired) electrons. The van der Waals surface area contributed by atoms with Crippen LogP contribution in [0.5, 0.6) is 0 Å². The molecule has 0 saturated carbocycles.